The maximum atomic E-state index is 12.2. The van der Waals surface area contributed by atoms with Gasteiger partial charge in [-0.05, 0) is 31.0 Å². The van der Waals surface area contributed by atoms with Gasteiger partial charge in [-0.15, -0.1) is 0 Å². The summed E-state index contributed by atoms with van der Waals surface area (Å²) in [5, 5.41) is 9.91. The molecule has 17 heavy (non-hydrogen) atoms. The highest BCUT2D eigenvalue weighted by atomic mass is 79.9. The monoisotopic (exact) mass is 297 g/mol. The number of aliphatic hydroxyl groups is 1. The molecule has 0 atom stereocenters. The van der Waals surface area contributed by atoms with Gasteiger partial charge in [0.05, 0.1) is 18.7 Å². The van der Waals surface area contributed by atoms with E-state index in [2.05, 4.69) is 15.9 Å². The lowest BCUT2D eigenvalue weighted by atomic mass is 9.90. The number of hydrogen-bond acceptors (Lipinski definition) is 2. The Morgan fingerprint density at radius 1 is 1.53 bits per heavy atom. The van der Waals surface area contributed by atoms with Gasteiger partial charge in [-0.2, -0.15) is 0 Å². The molecule has 1 N–H and O–H groups in total. The second-order valence-electron chi connectivity index (χ2n) is 4.65. The molecule has 0 unspecified atom stereocenters. The standard InChI is InChI=1S/C13H16BrNO2/c1-3-13(17)7-15(8-13)12(16)10-5-4-6-11(14)9(10)2/h4-6,17H,3,7-8H2,1-2H3. The summed E-state index contributed by atoms with van der Waals surface area (Å²) in [6.45, 7) is 4.73. The SMILES string of the molecule is CCC1(O)CN(C(=O)c2cccc(Br)c2C)C1. The lowest BCUT2D eigenvalue weighted by molar-refractivity contribution is -0.0826. The van der Waals surface area contributed by atoms with Crippen molar-refractivity contribution in [2.24, 2.45) is 0 Å². The molecule has 0 saturated carbocycles. The highest BCUT2D eigenvalue weighted by Crippen LogP contribution is 2.28. The zero-order chi connectivity index (χ0) is 12.6. The van der Waals surface area contributed by atoms with E-state index in [0.29, 0.717) is 25.1 Å². The van der Waals surface area contributed by atoms with Crippen molar-refractivity contribution in [1.82, 2.24) is 4.90 Å². The van der Waals surface area contributed by atoms with Gasteiger partial charge in [-0.25, -0.2) is 0 Å². The zero-order valence-corrected chi connectivity index (χ0v) is 11.6. The number of carbonyl (C=O) groups excluding carboxylic acids is 1. The van der Waals surface area contributed by atoms with Crippen LogP contribution < -0.4 is 0 Å². The molecule has 1 heterocycles. The molecular weight excluding hydrogens is 282 g/mol. The minimum absolute atomic E-state index is 0.00178. The molecule has 1 amide bonds. The average molecular weight is 298 g/mol. The van der Waals surface area contributed by atoms with E-state index < -0.39 is 5.60 Å². The molecule has 3 nitrogen and oxygen atoms in total. The fraction of sp³-hybridized carbons (Fsp3) is 0.462. The zero-order valence-electron chi connectivity index (χ0n) is 10.0. The molecule has 1 saturated heterocycles. The van der Waals surface area contributed by atoms with Crippen molar-refractivity contribution in [3.05, 3.63) is 33.8 Å². The Labute approximate surface area is 110 Å². The molecule has 0 spiro atoms. The van der Waals surface area contributed by atoms with Crippen molar-refractivity contribution in [3.8, 4) is 0 Å². The Kier molecular flexibility index (Phi) is 3.27. The second-order valence-corrected chi connectivity index (χ2v) is 5.51. The van der Waals surface area contributed by atoms with E-state index in [4.69, 9.17) is 0 Å². The molecule has 4 heteroatoms. The summed E-state index contributed by atoms with van der Waals surface area (Å²) in [4.78, 5) is 13.9. The first kappa shape index (κ1) is 12.6. The van der Waals surface area contributed by atoms with Crippen molar-refractivity contribution in [2.75, 3.05) is 13.1 Å². The maximum Gasteiger partial charge on any atom is 0.254 e. The lowest BCUT2D eigenvalue weighted by Gasteiger charge is -2.46. The van der Waals surface area contributed by atoms with Crippen LogP contribution in [0.5, 0.6) is 0 Å². The van der Waals surface area contributed by atoms with Crippen LogP contribution in [0.4, 0.5) is 0 Å². The van der Waals surface area contributed by atoms with Gasteiger partial charge in [-0.1, -0.05) is 28.9 Å². The number of likely N-dealkylation sites (tertiary alicyclic amines) is 1. The third-order valence-corrected chi connectivity index (χ3v) is 4.27. The second kappa shape index (κ2) is 4.42. The van der Waals surface area contributed by atoms with Crippen molar-refractivity contribution in [1.29, 1.82) is 0 Å². The Morgan fingerprint density at radius 3 is 2.76 bits per heavy atom. The van der Waals surface area contributed by atoms with Crippen LogP contribution in [-0.4, -0.2) is 34.6 Å². The van der Waals surface area contributed by atoms with Crippen LogP contribution in [0.3, 0.4) is 0 Å². The molecule has 92 valence electrons. The molecule has 0 bridgehead atoms. The summed E-state index contributed by atoms with van der Waals surface area (Å²) < 4.78 is 0.939. The van der Waals surface area contributed by atoms with Crippen LogP contribution in [-0.2, 0) is 0 Å². The fourth-order valence-corrected chi connectivity index (χ4v) is 2.41. The predicted octanol–water partition coefficient (Wildman–Crippen LogP) is 2.35. The first-order valence-electron chi connectivity index (χ1n) is 5.73. The number of nitrogens with zero attached hydrogens (tertiary/aromatic N) is 1. The number of β-amino-alcohol motifs (C(OH)–C–C–N with tert-alkyl or cyclic N) is 1. The van der Waals surface area contributed by atoms with Gasteiger partial charge in [0.25, 0.3) is 5.91 Å². The van der Waals surface area contributed by atoms with Crippen molar-refractivity contribution in [2.45, 2.75) is 25.9 Å². The molecule has 1 aromatic carbocycles. The molecule has 0 aliphatic carbocycles. The number of amides is 1. The Morgan fingerprint density at radius 2 is 2.18 bits per heavy atom. The molecule has 1 aliphatic rings. The van der Waals surface area contributed by atoms with E-state index in [9.17, 15) is 9.90 Å². The smallest absolute Gasteiger partial charge is 0.254 e. The summed E-state index contributed by atoms with van der Waals surface area (Å²) in [5.41, 5.74) is 0.984. The summed E-state index contributed by atoms with van der Waals surface area (Å²) in [7, 11) is 0. The molecule has 1 fully saturated rings. The number of halogens is 1. The minimum atomic E-state index is -0.671. The van der Waals surface area contributed by atoms with Crippen molar-refractivity contribution in [3.63, 3.8) is 0 Å². The van der Waals surface area contributed by atoms with Crippen LogP contribution >= 0.6 is 15.9 Å². The van der Waals surface area contributed by atoms with Crippen molar-refractivity contribution < 1.29 is 9.90 Å². The Balaban J connectivity index is 2.15. The summed E-state index contributed by atoms with van der Waals surface area (Å²) >= 11 is 3.42. The highest BCUT2D eigenvalue weighted by Gasteiger charge is 2.42. The third kappa shape index (κ3) is 2.24. The van der Waals surface area contributed by atoms with E-state index in [1.54, 1.807) is 4.90 Å². The molecule has 0 radical (unpaired) electrons. The molecule has 1 aliphatic heterocycles. The maximum absolute atomic E-state index is 12.2. The predicted molar refractivity (Wildman–Crippen MR) is 70.0 cm³/mol. The van der Waals surface area contributed by atoms with Crippen LogP contribution in [0, 0.1) is 6.92 Å². The van der Waals surface area contributed by atoms with E-state index in [1.807, 2.05) is 32.0 Å². The van der Waals surface area contributed by atoms with Gasteiger partial charge in [-0.3, -0.25) is 4.79 Å². The van der Waals surface area contributed by atoms with Gasteiger partial charge < -0.3 is 10.0 Å². The summed E-state index contributed by atoms with van der Waals surface area (Å²) in [6, 6.07) is 5.60. The van der Waals surface area contributed by atoms with Gasteiger partial charge in [0, 0.05) is 10.0 Å². The van der Waals surface area contributed by atoms with Gasteiger partial charge in [0.1, 0.15) is 0 Å². The number of rotatable bonds is 2. The molecule has 0 aromatic heterocycles. The lowest BCUT2D eigenvalue weighted by Crippen LogP contribution is -2.63. The van der Waals surface area contributed by atoms with Crippen LogP contribution in [0.2, 0.25) is 0 Å². The van der Waals surface area contributed by atoms with E-state index in [0.717, 1.165) is 10.0 Å². The Bertz CT molecular complexity index is 453. The van der Waals surface area contributed by atoms with E-state index >= 15 is 0 Å². The molecular formula is C13H16BrNO2. The largest absolute Gasteiger partial charge is 0.386 e. The number of benzene rings is 1. The van der Waals surface area contributed by atoms with Gasteiger partial charge in [0.2, 0.25) is 0 Å². The molecule has 2 rings (SSSR count). The van der Waals surface area contributed by atoms with Crippen LogP contribution in [0.15, 0.2) is 22.7 Å². The van der Waals surface area contributed by atoms with Gasteiger partial charge in [0.15, 0.2) is 0 Å². The fourth-order valence-electron chi connectivity index (χ4n) is 2.04. The van der Waals surface area contributed by atoms with Gasteiger partial charge >= 0.3 is 0 Å². The van der Waals surface area contributed by atoms with Crippen LogP contribution in [0.1, 0.15) is 29.3 Å². The van der Waals surface area contributed by atoms with Crippen LogP contribution in [0.25, 0.3) is 0 Å². The average Bonchev–Trinajstić information content (AvgIpc) is 2.28. The normalized spacial score (nSPS) is 17.8. The van der Waals surface area contributed by atoms with E-state index in [-0.39, 0.29) is 5.91 Å². The first-order valence-corrected chi connectivity index (χ1v) is 6.53. The minimum Gasteiger partial charge on any atom is -0.386 e. The summed E-state index contributed by atoms with van der Waals surface area (Å²) in [6.07, 6.45) is 0.689. The number of carbonyl (C=O) groups is 1. The third-order valence-electron chi connectivity index (χ3n) is 3.41. The highest BCUT2D eigenvalue weighted by molar-refractivity contribution is 9.10. The quantitative estimate of drug-likeness (QED) is 0.910. The first-order chi connectivity index (χ1) is 7.97. The summed E-state index contributed by atoms with van der Waals surface area (Å²) in [5.74, 6) is 0.00178. The van der Waals surface area contributed by atoms with Crippen molar-refractivity contribution >= 4 is 21.8 Å². The Hall–Kier alpha value is -0.870. The number of hydrogen-bond donors (Lipinski definition) is 1. The topological polar surface area (TPSA) is 40.5 Å². The molecule has 1 aromatic rings. The van der Waals surface area contributed by atoms with E-state index in [1.165, 1.54) is 0 Å².